The monoisotopic (exact) mass is 532 g/mol. The zero-order valence-electron chi connectivity index (χ0n) is 22.2. The molecule has 1 aliphatic heterocycles. The molecule has 2 heterocycles. The number of benzene rings is 2. The number of hydrogen-bond acceptors (Lipinski definition) is 6. The van der Waals surface area contributed by atoms with E-state index in [1.165, 1.54) is 12.1 Å². The first-order valence-corrected chi connectivity index (χ1v) is 13.3. The van der Waals surface area contributed by atoms with E-state index >= 15 is 0 Å². The second kappa shape index (κ2) is 11.1. The molecule has 1 aliphatic carbocycles. The number of fused-ring (bicyclic) bond motifs is 1. The zero-order chi connectivity index (χ0) is 27.6. The fourth-order valence-electron chi connectivity index (χ4n) is 5.82. The highest BCUT2D eigenvalue weighted by Crippen LogP contribution is 2.47. The van der Waals surface area contributed by atoms with Crippen molar-refractivity contribution in [3.05, 3.63) is 77.7 Å². The van der Waals surface area contributed by atoms with Crippen molar-refractivity contribution in [1.82, 2.24) is 4.98 Å². The van der Waals surface area contributed by atoms with E-state index in [1.54, 1.807) is 18.3 Å². The van der Waals surface area contributed by atoms with E-state index in [0.29, 0.717) is 37.8 Å². The van der Waals surface area contributed by atoms with Gasteiger partial charge in [0.05, 0.1) is 29.9 Å². The molecule has 8 heteroatoms. The van der Waals surface area contributed by atoms with E-state index < -0.39 is 18.3 Å². The predicted molar refractivity (Wildman–Crippen MR) is 146 cm³/mol. The standard InChI is InChI=1S/C31H33FN2O5/c1-31(2)17-25(39-30(37)34-22-13-20-5-3-4-6-28(20)33-18-22)16-26(19-7-9-21(32)10-8-19)27(31)12-11-24-14-23(35)15-29(36)38-24/h3-10,13,18,23-25,35H,11-12,14-17H2,1-2H3,(H,34,37)/t23-,24-,25?/m1/s1. The molecule has 1 fully saturated rings. The third kappa shape index (κ3) is 6.45. The number of esters is 1. The number of aliphatic hydroxyl groups is 1. The lowest BCUT2D eigenvalue weighted by Crippen LogP contribution is -2.35. The van der Waals surface area contributed by atoms with E-state index in [0.717, 1.165) is 27.6 Å². The number of cyclic esters (lactones) is 1. The van der Waals surface area contributed by atoms with E-state index in [2.05, 4.69) is 24.1 Å². The topological polar surface area (TPSA) is 97.8 Å². The number of para-hydroxylation sites is 1. The average Bonchev–Trinajstić information content (AvgIpc) is 2.87. The second-order valence-electron chi connectivity index (χ2n) is 11.1. The maximum atomic E-state index is 13.7. The van der Waals surface area contributed by atoms with Gasteiger partial charge in [-0.05, 0) is 60.1 Å². The first-order chi connectivity index (χ1) is 18.7. The molecular weight excluding hydrogens is 499 g/mol. The van der Waals surface area contributed by atoms with Crippen LogP contribution in [0, 0.1) is 11.2 Å². The van der Waals surface area contributed by atoms with E-state index in [1.807, 2.05) is 30.3 Å². The van der Waals surface area contributed by atoms with E-state index in [4.69, 9.17) is 9.47 Å². The number of carbonyl (C=O) groups is 2. The van der Waals surface area contributed by atoms with Crippen LogP contribution in [-0.2, 0) is 14.3 Å². The van der Waals surface area contributed by atoms with Crippen molar-refractivity contribution in [2.75, 3.05) is 5.32 Å². The molecule has 0 radical (unpaired) electrons. The van der Waals surface area contributed by atoms with Crippen LogP contribution in [0.1, 0.15) is 57.9 Å². The Bertz CT molecular complexity index is 1400. The predicted octanol–water partition coefficient (Wildman–Crippen LogP) is 6.41. The van der Waals surface area contributed by atoms with E-state index in [-0.39, 0.29) is 29.7 Å². The minimum absolute atomic E-state index is 0.0296. The van der Waals surface area contributed by atoms with Crippen LogP contribution in [0.4, 0.5) is 14.9 Å². The summed E-state index contributed by atoms with van der Waals surface area (Å²) >= 11 is 0. The van der Waals surface area contributed by atoms with Crippen molar-refractivity contribution in [3.63, 3.8) is 0 Å². The van der Waals surface area contributed by atoms with Crippen LogP contribution in [0.5, 0.6) is 0 Å². The molecule has 204 valence electrons. The molecule has 7 nitrogen and oxygen atoms in total. The minimum atomic E-state index is -0.685. The number of hydrogen-bond donors (Lipinski definition) is 2. The van der Waals surface area contributed by atoms with Crippen LogP contribution in [-0.4, -0.2) is 40.5 Å². The molecule has 5 rings (SSSR count). The van der Waals surface area contributed by atoms with Crippen LogP contribution >= 0.6 is 0 Å². The Balaban J connectivity index is 1.34. The first-order valence-electron chi connectivity index (χ1n) is 13.3. The van der Waals surface area contributed by atoms with Crippen molar-refractivity contribution >= 4 is 34.2 Å². The minimum Gasteiger partial charge on any atom is -0.462 e. The molecule has 3 aromatic rings. The summed E-state index contributed by atoms with van der Waals surface area (Å²) in [5.41, 5.74) is 4.07. The lowest BCUT2D eigenvalue weighted by Gasteiger charge is -2.40. The zero-order valence-corrected chi connectivity index (χ0v) is 22.2. The largest absolute Gasteiger partial charge is 0.462 e. The highest BCUT2D eigenvalue weighted by Gasteiger charge is 2.38. The van der Waals surface area contributed by atoms with Crippen molar-refractivity contribution in [2.24, 2.45) is 5.41 Å². The van der Waals surface area contributed by atoms with Gasteiger partial charge in [-0.15, -0.1) is 0 Å². The molecule has 2 aliphatic rings. The van der Waals surface area contributed by atoms with Crippen LogP contribution in [0.3, 0.4) is 0 Å². The fraction of sp³-hybridized carbons (Fsp3) is 0.387. The normalized spacial score (nSPS) is 22.9. The van der Waals surface area contributed by atoms with Gasteiger partial charge in [0.2, 0.25) is 0 Å². The number of allylic oxidation sites excluding steroid dienone is 1. The number of rotatable bonds is 6. The summed E-state index contributed by atoms with van der Waals surface area (Å²) in [7, 11) is 0. The molecule has 1 saturated heterocycles. The van der Waals surface area contributed by atoms with Gasteiger partial charge in [-0.1, -0.05) is 49.8 Å². The molecule has 1 unspecified atom stereocenters. The lowest BCUT2D eigenvalue weighted by atomic mass is 9.68. The molecule has 39 heavy (non-hydrogen) atoms. The molecule has 2 aromatic carbocycles. The Labute approximate surface area is 227 Å². The maximum absolute atomic E-state index is 13.7. The average molecular weight is 533 g/mol. The number of ether oxygens (including phenoxy) is 2. The number of halogens is 1. The van der Waals surface area contributed by atoms with E-state index in [9.17, 15) is 19.1 Å². The van der Waals surface area contributed by atoms with Crippen LogP contribution in [0.2, 0.25) is 0 Å². The summed E-state index contributed by atoms with van der Waals surface area (Å²) in [6.07, 6.45) is 2.35. The molecule has 1 amide bonds. The molecule has 1 aromatic heterocycles. The van der Waals surface area contributed by atoms with Gasteiger partial charge < -0.3 is 14.6 Å². The van der Waals surface area contributed by atoms with Crippen LogP contribution < -0.4 is 5.32 Å². The highest BCUT2D eigenvalue weighted by atomic mass is 19.1. The summed E-state index contributed by atoms with van der Waals surface area (Å²) < 4.78 is 25.1. The summed E-state index contributed by atoms with van der Waals surface area (Å²) in [6.45, 7) is 4.21. The Morgan fingerprint density at radius 1 is 1.18 bits per heavy atom. The van der Waals surface area contributed by atoms with Crippen molar-refractivity contribution in [3.8, 4) is 0 Å². The third-order valence-electron chi connectivity index (χ3n) is 7.61. The van der Waals surface area contributed by atoms with Crippen LogP contribution in [0.25, 0.3) is 16.5 Å². The number of carbonyl (C=O) groups excluding carboxylic acids is 2. The van der Waals surface area contributed by atoms with Crippen molar-refractivity contribution in [2.45, 2.75) is 70.7 Å². The van der Waals surface area contributed by atoms with Gasteiger partial charge in [-0.25, -0.2) is 9.18 Å². The smallest absolute Gasteiger partial charge is 0.411 e. The molecule has 0 spiro atoms. The number of aliphatic hydroxyl groups excluding tert-OH is 1. The maximum Gasteiger partial charge on any atom is 0.411 e. The molecule has 0 bridgehead atoms. The molecule has 2 N–H and O–H groups in total. The van der Waals surface area contributed by atoms with Crippen molar-refractivity contribution < 1.29 is 28.6 Å². The quantitative estimate of drug-likeness (QED) is 0.356. The SMILES string of the molecule is CC1(C)CC(OC(=O)Nc2cnc3ccccc3c2)CC(c2ccc(F)cc2)=C1CC[C@@H]1C[C@@H](O)CC(=O)O1. The third-order valence-corrected chi connectivity index (χ3v) is 7.61. The second-order valence-corrected chi connectivity index (χ2v) is 11.1. The summed E-state index contributed by atoms with van der Waals surface area (Å²) in [6, 6.07) is 15.9. The Morgan fingerprint density at radius 2 is 1.95 bits per heavy atom. The first kappa shape index (κ1) is 26.8. The Hall–Kier alpha value is -3.78. The number of nitrogens with one attached hydrogen (secondary N) is 1. The van der Waals surface area contributed by atoms with Crippen molar-refractivity contribution in [1.29, 1.82) is 0 Å². The van der Waals surface area contributed by atoms with Gasteiger partial charge in [0.1, 0.15) is 18.0 Å². The number of anilines is 1. The Morgan fingerprint density at radius 3 is 2.72 bits per heavy atom. The Kier molecular flexibility index (Phi) is 7.66. The number of aromatic nitrogens is 1. The molecule has 3 atom stereocenters. The fourth-order valence-corrected chi connectivity index (χ4v) is 5.82. The van der Waals surface area contributed by atoms with Gasteiger partial charge in [0.15, 0.2) is 0 Å². The molecule has 0 saturated carbocycles. The van der Waals surface area contributed by atoms with Gasteiger partial charge in [-0.2, -0.15) is 0 Å². The number of nitrogens with zero attached hydrogens (tertiary/aromatic N) is 1. The number of amides is 1. The summed E-state index contributed by atoms with van der Waals surface area (Å²) in [5, 5.41) is 13.7. The van der Waals surface area contributed by atoms with Gasteiger partial charge in [0, 0.05) is 18.2 Å². The molecular formula is C31H33FN2O5. The van der Waals surface area contributed by atoms with Crippen LogP contribution in [0.15, 0.2) is 66.4 Å². The summed E-state index contributed by atoms with van der Waals surface area (Å²) in [5.74, 6) is -0.703. The van der Waals surface area contributed by atoms with Gasteiger partial charge in [-0.3, -0.25) is 15.1 Å². The lowest BCUT2D eigenvalue weighted by molar-refractivity contribution is -0.160. The van der Waals surface area contributed by atoms with Gasteiger partial charge in [0.25, 0.3) is 0 Å². The number of pyridine rings is 1. The van der Waals surface area contributed by atoms with Gasteiger partial charge >= 0.3 is 12.1 Å². The summed E-state index contributed by atoms with van der Waals surface area (Å²) in [4.78, 5) is 29.1. The highest BCUT2D eigenvalue weighted by molar-refractivity contribution is 5.89.